The SMILES string of the molecule is C=C(C)C(C)(C)CC(C)C(C)(C)C(C)C. The Bertz CT molecular complexity index is 218. The molecule has 0 nitrogen and oxygen atoms in total. The Kier molecular flexibility index (Phi) is 4.64. The Morgan fingerprint density at radius 2 is 1.47 bits per heavy atom. The van der Waals surface area contributed by atoms with Gasteiger partial charge in [-0.1, -0.05) is 60.6 Å². The number of rotatable bonds is 5. The monoisotopic (exact) mass is 210 g/mol. The molecule has 0 bridgehead atoms. The summed E-state index contributed by atoms with van der Waals surface area (Å²) in [5.74, 6) is 1.46. The molecule has 0 aromatic carbocycles. The second kappa shape index (κ2) is 4.72. The van der Waals surface area contributed by atoms with Crippen LogP contribution in [0.1, 0.15) is 61.8 Å². The van der Waals surface area contributed by atoms with Crippen molar-refractivity contribution in [3.8, 4) is 0 Å². The summed E-state index contributed by atoms with van der Waals surface area (Å²) in [5.41, 5.74) is 1.98. The van der Waals surface area contributed by atoms with E-state index in [4.69, 9.17) is 0 Å². The van der Waals surface area contributed by atoms with Crippen molar-refractivity contribution in [3.63, 3.8) is 0 Å². The largest absolute Gasteiger partial charge is 0.0996 e. The molecule has 1 atom stereocenters. The van der Waals surface area contributed by atoms with Gasteiger partial charge in [-0.25, -0.2) is 0 Å². The first-order valence-corrected chi connectivity index (χ1v) is 6.17. The number of hydrogen-bond donors (Lipinski definition) is 0. The predicted octanol–water partition coefficient (Wildman–Crippen LogP) is 5.30. The molecule has 0 saturated carbocycles. The molecular formula is C15H30. The van der Waals surface area contributed by atoms with Crippen LogP contribution in [0.15, 0.2) is 12.2 Å². The van der Waals surface area contributed by atoms with Gasteiger partial charge in [0.25, 0.3) is 0 Å². The van der Waals surface area contributed by atoms with Crippen LogP contribution in [0.25, 0.3) is 0 Å². The second-order valence-corrected chi connectivity index (χ2v) is 6.75. The standard InChI is InChI=1S/C15H30/c1-11(2)14(6,7)10-13(5)15(8,9)12(3)4/h12-13H,1,10H2,2-9H3. The van der Waals surface area contributed by atoms with E-state index in [1.807, 2.05) is 0 Å². The van der Waals surface area contributed by atoms with Crippen LogP contribution < -0.4 is 0 Å². The van der Waals surface area contributed by atoms with Gasteiger partial charge in [-0.05, 0) is 36.0 Å². The lowest BCUT2D eigenvalue weighted by molar-refractivity contribution is 0.115. The molecule has 15 heavy (non-hydrogen) atoms. The maximum absolute atomic E-state index is 4.11. The molecule has 0 heteroatoms. The summed E-state index contributed by atoms with van der Waals surface area (Å²) >= 11 is 0. The van der Waals surface area contributed by atoms with E-state index in [0.717, 1.165) is 11.8 Å². The first-order valence-electron chi connectivity index (χ1n) is 6.17. The van der Waals surface area contributed by atoms with Crippen molar-refractivity contribution < 1.29 is 0 Å². The Morgan fingerprint density at radius 3 is 1.73 bits per heavy atom. The first kappa shape index (κ1) is 14.7. The second-order valence-electron chi connectivity index (χ2n) is 6.75. The summed E-state index contributed by atoms with van der Waals surface area (Å²) in [7, 11) is 0. The maximum Gasteiger partial charge on any atom is -0.0147 e. The Balaban J connectivity index is 4.63. The van der Waals surface area contributed by atoms with E-state index in [0.29, 0.717) is 5.41 Å². The van der Waals surface area contributed by atoms with Crippen molar-refractivity contribution in [1.82, 2.24) is 0 Å². The summed E-state index contributed by atoms with van der Waals surface area (Å²) in [6.07, 6.45) is 1.23. The molecule has 0 fully saturated rings. The topological polar surface area (TPSA) is 0 Å². The van der Waals surface area contributed by atoms with Crippen molar-refractivity contribution in [2.24, 2.45) is 22.7 Å². The van der Waals surface area contributed by atoms with Crippen molar-refractivity contribution in [2.75, 3.05) is 0 Å². The van der Waals surface area contributed by atoms with E-state index in [1.165, 1.54) is 12.0 Å². The molecule has 0 amide bonds. The smallest absolute Gasteiger partial charge is 0.0147 e. The lowest BCUT2D eigenvalue weighted by atomic mass is 9.65. The first-order chi connectivity index (χ1) is 6.51. The molecule has 0 radical (unpaired) electrons. The minimum Gasteiger partial charge on any atom is -0.0996 e. The highest BCUT2D eigenvalue weighted by atomic mass is 14.4. The number of hydrogen-bond acceptors (Lipinski definition) is 0. The van der Waals surface area contributed by atoms with Crippen LogP contribution in [0.3, 0.4) is 0 Å². The lowest BCUT2D eigenvalue weighted by Gasteiger charge is -2.40. The van der Waals surface area contributed by atoms with Crippen LogP contribution in [-0.4, -0.2) is 0 Å². The third kappa shape index (κ3) is 3.66. The summed E-state index contributed by atoms with van der Waals surface area (Å²) in [5, 5.41) is 0. The van der Waals surface area contributed by atoms with Gasteiger partial charge >= 0.3 is 0 Å². The molecule has 0 rings (SSSR count). The van der Waals surface area contributed by atoms with E-state index >= 15 is 0 Å². The Labute approximate surface area is 97.2 Å². The molecule has 0 N–H and O–H groups in total. The zero-order valence-electron chi connectivity index (χ0n) is 12.1. The van der Waals surface area contributed by atoms with Crippen molar-refractivity contribution >= 4 is 0 Å². The van der Waals surface area contributed by atoms with Gasteiger partial charge in [0.2, 0.25) is 0 Å². The van der Waals surface area contributed by atoms with Gasteiger partial charge in [-0.3, -0.25) is 0 Å². The fraction of sp³-hybridized carbons (Fsp3) is 0.867. The minimum absolute atomic E-state index is 0.269. The zero-order chi connectivity index (χ0) is 12.4. The van der Waals surface area contributed by atoms with E-state index in [1.54, 1.807) is 0 Å². The molecule has 0 spiro atoms. The molecule has 1 unspecified atom stereocenters. The van der Waals surface area contributed by atoms with Gasteiger partial charge in [0, 0.05) is 0 Å². The van der Waals surface area contributed by atoms with Crippen LogP contribution in [0.5, 0.6) is 0 Å². The molecule has 0 heterocycles. The van der Waals surface area contributed by atoms with Crippen LogP contribution in [0.4, 0.5) is 0 Å². The third-order valence-corrected chi connectivity index (χ3v) is 4.73. The van der Waals surface area contributed by atoms with E-state index in [9.17, 15) is 0 Å². The zero-order valence-corrected chi connectivity index (χ0v) is 12.1. The van der Waals surface area contributed by atoms with Crippen molar-refractivity contribution in [2.45, 2.75) is 61.8 Å². The molecular weight excluding hydrogens is 180 g/mol. The minimum atomic E-state index is 0.269. The van der Waals surface area contributed by atoms with E-state index < -0.39 is 0 Å². The normalized spacial score (nSPS) is 15.5. The molecule has 0 aromatic rings. The van der Waals surface area contributed by atoms with Gasteiger partial charge in [-0.15, -0.1) is 0 Å². The molecule has 0 aliphatic carbocycles. The Hall–Kier alpha value is -0.260. The van der Waals surface area contributed by atoms with Crippen LogP contribution >= 0.6 is 0 Å². The molecule has 90 valence electrons. The van der Waals surface area contributed by atoms with Crippen LogP contribution in [0.2, 0.25) is 0 Å². The predicted molar refractivity (Wildman–Crippen MR) is 71.0 cm³/mol. The van der Waals surface area contributed by atoms with Crippen LogP contribution in [-0.2, 0) is 0 Å². The average molecular weight is 210 g/mol. The van der Waals surface area contributed by atoms with Gasteiger partial charge in [-0.2, -0.15) is 0 Å². The fourth-order valence-electron chi connectivity index (χ4n) is 1.77. The van der Waals surface area contributed by atoms with E-state index in [2.05, 4.69) is 62.0 Å². The third-order valence-electron chi connectivity index (χ3n) is 4.73. The maximum atomic E-state index is 4.11. The van der Waals surface area contributed by atoms with Crippen molar-refractivity contribution in [1.29, 1.82) is 0 Å². The summed E-state index contributed by atoms with van der Waals surface area (Å²) < 4.78 is 0. The highest BCUT2D eigenvalue weighted by Crippen LogP contribution is 2.43. The molecule has 0 aromatic heterocycles. The quantitative estimate of drug-likeness (QED) is 0.540. The highest BCUT2D eigenvalue weighted by Gasteiger charge is 2.33. The summed E-state index contributed by atoms with van der Waals surface area (Å²) in [6, 6.07) is 0. The lowest BCUT2D eigenvalue weighted by Crippen LogP contribution is -2.31. The van der Waals surface area contributed by atoms with E-state index in [-0.39, 0.29) is 5.41 Å². The summed E-state index contributed by atoms with van der Waals surface area (Å²) in [6.45, 7) is 22.7. The summed E-state index contributed by atoms with van der Waals surface area (Å²) in [4.78, 5) is 0. The molecule has 0 aliphatic rings. The van der Waals surface area contributed by atoms with Crippen molar-refractivity contribution in [3.05, 3.63) is 12.2 Å². The van der Waals surface area contributed by atoms with Gasteiger partial charge in [0.1, 0.15) is 0 Å². The van der Waals surface area contributed by atoms with Gasteiger partial charge < -0.3 is 0 Å². The van der Waals surface area contributed by atoms with Gasteiger partial charge in [0.15, 0.2) is 0 Å². The number of allylic oxidation sites excluding steroid dienone is 1. The van der Waals surface area contributed by atoms with Crippen LogP contribution in [0, 0.1) is 22.7 Å². The van der Waals surface area contributed by atoms with Gasteiger partial charge in [0.05, 0.1) is 0 Å². The molecule has 0 saturated heterocycles. The average Bonchev–Trinajstić information content (AvgIpc) is 2.02. The molecule has 0 aliphatic heterocycles. The highest BCUT2D eigenvalue weighted by molar-refractivity contribution is 5.04. The fourth-order valence-corrected chi connectivity index (χ4v) is 1.77. The Morgan fingerprint density at radius 1 is 1.07 bits per heavy atom.